The quantitative estimate of drug-likeness (QED) is 0.693. The number of benzene rings is 1. The summed E-state index contributed by atoms with van der Waals surface area (Å²) in [5.74, 6) is 1.42. The standard InChI is InChI=1S/C18H16O4/c1-10-8-13-15(20-9-10)12-6-7-18(2,3)22-17(12)11-4-5-14(19)21-16(11)13/h4-7,9H,8H2,1-3H3. The van der Waals surface area contributed by atoms with Gasteiger partial charge in [0.25, 0.3) is 0 Å². The summed E-state index contributed by atoms with van der Waals surface area (Å²) in [5.41, 5.74) is 2.66. The lowest BCUT2D eigenvalue weighted by Crippen LogP contribution is -2.28. The van der Waals surface area contributed by atoms with Crippen molar-refractivity contribution in [1.29, 1.82) is 0 Å². The Morgan fingerprint density at radius 3 is 2.82 bits per heavy atom. The second-order valence-corrected chi connectivity index (χ2v) is 6.35. The van der Waals surface area contributed by atoms with Crippen LogP contribution in [0.2, 0.25) is 0 Å². The van der Waals surface area contributed by atoms with Gasteiger partial charge in [-0.05, 0) is 44.6 Å². The summed E-state index contributed by atoms with van der Waals surface area (Å²) in [5, 5.41) is 0.809. The van der Waals surface area contributed by atoms with E-state index in [2.05, 4.69) is 0 Å². The van der Waals surface area contributed by atoms with Gasteiger partial charge in [0.2, 0.25) is 0 Å². The Labute approximate surface area is 127 Å². The molecule has 4 rings (SSSR count). The van der Waals surface area contributed by atoms with Gasteiger partial charge in [-0.3, -0.25) is 0 Å². The van der Waals surface area contributed by atoms with E-state index in [0.717, 1.165) is 22.1 Å². The molecule has 0 saturated carbocycles. The summed E-state index contributed by atoms with van der Waals surface area (Å²) in [7, 11) is 0. The maximum atomic E-state index is 11.7. The van der Waals surface area contributed by atoms with E-state index in [4.69, 9.17) is 13.9 Å². The van der Waals surface area contributed by atoms with E-state index in [9.17, 15) is 4.79 Å². The van der Waals surface area contributed by atoms with Crippen LogP contribution in [0.4, 0.5) is 0 Å². The third-order valence-electron chi connectivity index (χ3n) is 3.97. The van der Waals surface area contributed by atoms with Crippen LogP contribution < -0.4 is 15.1 Å². The van der Waals surface area contributed by atoms with E-state index >= 15 is 0 Å². The molecule has 1 aromatic heterocycles. The zero-order valence-electron chi connectivity index (χ0n) is 12.7. The van der Waals surface area contributed by atoms with Crippen molar-refractivity contribution in [2.24, 2.45) is 0 Å². The van der Waals surface area contributed by atoms with Gasteiger partial charge >= 0.3 is 5.63 Å². The molecule has 0 aliphatic carbocycles. The second-order valence-electron chi connectivity index (χ2n) is 6.35. The van der Waals surface area contributed by atoms with Crippen LogP contribution in [-0.4, -0.2) is 5.60 Å². The fourth-order valence-corrected chi connectivity index (χ4v) is 2.95. The van der Waals surface area contributed by atoms with E-state index in [1.807, 2.05) is 32.9 Å². The second kappa shape index (κ2) is 4.26. The molecule has 2 aliphatic rings. The van der Waals surface area contributed by atoms with E-state index in [1.165, 1.54) is 6.07 Å². The molecule has 0 fully saturated rings. The van der Waals surface area contributed by atoms with Crippen LogP contribution in [0.5, 0.6) is 11.5 Å². The molecule has 0 bridgehead atoms. The number of ether oxygens (including phenoxy) is 2. The molecule has 2 aliphatic heterocycles. The van der Waals surface area contributed by atoms with Gasteiger partial charge in [0.1, 0.15) is 22.7 Å². The smallest absolute Gasteiger partial charge is 0.336 e. The first kappa shape index (κ1) is 13.2. The van der Waals surface area contributed by atoms with E-state index in [0.29, 0.717) is 23.5 Å². The van der Waals surface area contributed by atoms with Gasteiger partial charge in [-0.25, -0.2) is 4.79 Å². The van der Waals surface area contributed by atoms with E-state index < -0.39 is 5.60 Å². The van der Waals surface area contributed by atoms with Crippen molar-refractivity contribution < 1.29 is 13.9 Å². The Kier molecular flexibility index (Phi) is 2.55. The lowest BCUT2D eigenvalue weighted by Gasteiger charge is -2.31. The average Bonchev–Trinajstić information content (AvgIpc) is 2.46. The Balaban J connectivity index is 2.13. The highest BCUT2D eigenvalue weighted by molar-refractivity contribution is 5.94. The molecule has 4 heteroatoms. The Bertz CT molecular complexity index is 913. The molecule has 4 nitrogen and oxygen atoms in total. The summed E-state index contributed by atoms with van der Waals surface area (Å²) >= 11 is 0. The van der Waals surface area contributed by atoms with Crippen molar-refractivity contribution in [1.82, 2.24) is 0 Å². The van der Waals surface area contributed by atoms with Crippen molar-refractivity contribution in [2.75, 3.05) is 0 Å². The zero-order chi connectivity index (χ0) is 15.5. The monoisotopic (exact) mass is 296 g/mol. The zero-order valence-corrected chi connectivity index (χ0v) is 12.7. The number of allylic oxidation sites excluding steroid dienone is 1. The van der Waals surface area contributed by atoms with Crippen LogP contribution in [-0.2, 0) is 6.42 Å². The van der Waals surface area contributed by atoms with Crippen LogP contribution in [0.3, 0.4) is 0 Å². The minimum atomic E-state index is -0.412. The summed E-state index contributed by atoms with van der Waals surface area (Å²) in [6, 6.07) is 3.19. The lowest BCUT2D eigenvalue weighted by molar-refractivity contribution is 0.160. The van der Waals surface area contributed by atoms with Crippen molar-refractivity contribution in [2.45, 2.75) is 32.8 Å². The molecule has 0 spiro atoms. The molecule has 0 amide bonds. The average molecular weight is 296 g/mol. The van der Waals surface area contributed by atoms with Gasteiger partial charge in [-0.2, -0.15) is 0 Å². The highest BCUT2D eigenvalue weighted by atomic mass is 16.5. The normalized spacial score (nSPS) is 18.0. The molecule has 22 heavy (non-hydrogen) atoms. The molecule has 0 unspecified atom stereocenters. The third-order valence-corrected chi connectivity index (χ3v) is 3.97. The molecule has 0 radical (unpaired) electrons. The molecule has 0 saturated heterocycles. The van der Waals surface area contributed by atoms with Gasteiger partial charge in [-0.1, -0.05) is 0 Å². The minimum Gasteiger partial charge on any atom is -0.482 e. The van der Waals surface area contributed by atoms with E-state index in [-0.39, 0.29) is 5.63 Å². The van der Waals surface area contributed by atoms with Crippen molar-refractivity contribution in [3.05, 3.63) is 51.6 Å². The summed E-state index contributed by atoms with van der Waals surface area (Å²) in [6.07, 6.45) is 6.47. The van der Waals surface area contributed by atoms with Gasteiger partial charge in [0.05, 0.1) is 17.2 Å². The predicted molar refractivity (Wildman–Crippen MR) is 84.3 cm³/mol. The molecular formula is C18H16O4. The maximum Gasteiger partial charge on any atom is 0.336 e. The first-order chi connectivity index (χ1) is 10.4. The van der Waals surface area contributed by atoms with Crippen LogP contribution in [0.15, 0.2) is 39.3 Å². The molecule has 112 valence electrons. The molecule has 0 N–H and O–H groups in total. The lowest BCUT2D eigenvalue weighted by atomic mass is 9.93. The summed E-state index contributed by atoms with van der Waals surface area (Å²) in [6.45, 7) is 5.97. The van der Waals surface area contributed by atoms with Crippen LogP contribution >= 0.6 is 0 Å². The fraction of sp³-hybridized carbons (Fsp3) is 0.278. The topological polar surface area (TPSA) is 48.7 Å². The van der Waals surface area contributed by atoms with Crippen LogP contribution in [0.1, 0.15) is 31.9 Å². The van der Waals surface area contributed by atoms with Crippen molar-refractivity contribution >= 4 is 17.0 Å². The molecule has 1 aromatic carbocycles. The van der Waals surface area contributed by atoms with Crippen molar-refractivity contribution in [3.8, 4) is 11.5 Å². The largest absolute Gasteiger partial charge is 0.482 e. The molecule has 3 heterocycles. The minimum absolute atomic E-state index is 0.368. The van der Waals surface area contributed by atoms with E-state index in [1.54, 1.807) is 12.3 Å². The number of fused-ring (bicyclic) bond motifs is 6. The molecule has 2 aromatic rings. The third kappa shape index (κ3) is 1.87. The predicted octanol–water partition coefficient (Wildman–Crippen LogP) is 3.82. The van der Waals surface area contributed by atoms with Crippen LogP contribution in [0.25, 0.3) is 17.0 Å². The number of hydrogen-bond acceptors (Lipinski definition) is 4. The summed E-state index contributed by atoms with van der Waals surface area (Å²) in [4.78, 5) is 11.7. The molecular weight excluding hydrogens is 280 g/mol. The first-order valence-electron chi connectivity index (χ1n) is 7.28. The number of hydrogen-bond donors (Lipinski definition) is 0. The Hall–Kier alpha value is -2.49. The van der Waals surface area contributed by atoms with Crippen molar-refractivity contribution in [3.63, 3.8) is 0 Å². The Morgan fingerprint density at radius 1 is 1.18 bits per heavy atom. The fourth-order valence-electron chi connectivity index (χ4n) is 2.95. The summed E-state index contributed by atoms with van der Waals surface area (Å²) < 4.78 is 17.4. The van der Waals surface area contributed by atoms with Gasteiger partial charge in [0.15, 0.2) is 0 Å². The SMILES string of the molecule is CC1=COc2c3c(c4ccc(=O)oc4c2C1)OC(C)(C)C=C3. The maximum absolute atomic E-state index is 11.7. The molecule has 0 atom stereocenters. The van der Waals surface area contributed by atoms with Gasteiger partial charge in [-0.15, -0.1) is 0 Å². The Morgan fingerprint density at radius 2 is 2.00 bits per heavy atom. The van der Waals surface area contributed by atoms with Gasteiger partial charge in [0, 0.05) is 18.1 Å². The van der Waals surface area contributed by atoms with Gasteiger partial charge < -0.3 is 13.9 Å². The van der Waals surface area contributed by atoms with Crippen LogP contribution in [0, 0.1) is 0 Å². The highest BCUT2D eigenvalue weighted by Crippen LogP contribution is 2.47. The first-order valence-corrected chi connectivity index (χ1v) is 7.28. The highest BCUT2D eigenvalue weighted by Gasteiger charge is 2.30. The number of rotatable bonds is 0.